The number of benzene rings is 1. The normalized spacial score (nSPS) is 18.8. The van der Waals surface area contributed by atoms with E-state index in [4.69, 9.17) is 9.47 Å². The lowest BCUT2D eigenvalue weighted by molar-refractivity contribution is 0.260. The first kappa shape index (κ1) is 11.3. The van der Waals surface area contributed by atoms with Crippen LogP contribution < -0.4 is 4.74 Å². The van der Waals surface area contributed by atoms with E-state index >= 15 is 0 Å². The summed E-state index contributed by atoms with van der Waals surface area (Å²) in [6, 6.07) is 5.27. The van der Waals surface area contributed by atoms with Crippen molar-refractivity contribution in [3.63, 3.8) is 0 Å². The van der Waals surface area contributed by atoms with E-state index in [2.05, 4.69) is 13.8 Å². The maximum absolute atomic E-state index is 9.46. The van der Waals surface area contributed by atoms with E-state index in [-0.39, 0.29) is 6.10 Å². The Bertz CT molecular complexity index is 356. The van der Waals surface area contributed by atoms with Crippen LogP contribution >= 0.6 is 0 Å². The van der Waals surface area contributed by atoms with Crippen LogP contribution in [0.2, 0.25) is 0 Å². The van der Waals surface area contributed by atoms with Crippen LogP contribution in [0.25, 0.3) is 0 Å². The highest BCUT2D eigenvalue weighted by Gasteiger charge is 2.23. The maximum Gasteiger partial charge on any atom is 0.122 e. The average molecular weight is 222 g/mol. The quantitative estimate of drug-likeness (QED) is 0.778. The average Bonchev–Trinajstić information content (AvgIpc) is 2.99. The molecule has 3 heteroatoms. The molecule has 0 saturated carbocycles. The van der Waals surface area contributed by atoms with Gasteiger partial charge < -0.3 is 14.6 Å². The smallest absolute Gasteiger partial charge is 0.122 e. The molecule has 0 radical (unpaired) electrons. The van der Waals surface area contributed by atoms with Crippen molar-refractivity contribution < 1.29 is 14.6 Å². The van der Waals surface area contributed by atoms with Gasteiger partial charge in [0.05, 0.1) is 6.61 Å². The highest BCUT2D eigenvalue weighted by molar-refractivity contribution is 5.40. The Hall–Kier alpha value is -1.22. The zero-order chi connectivity index (χ0) is 11.5. The fraction of sp³-hybridized carbons (Fsp3) is 0.538. The van der Waals surface area contributed by atoms with E-state index in [1.54, 1.807) is 12.1 Å². The summed E-state index contributed by atoms with van der Waals surface area (Å²) < 4.78 is 10.8. The molecule has 0 aliphatic carbocycles. The Morgan fingerprint density at radius 2 is 2.25 bits per heavy atom. The summed E-state index contributed by atoms with van der Waals surface area (Å²) in [5, 5.41) is 9.46. The van der Waals surface area contributed by atoms with Gasteiger partial charge in [0.25, 0.3) is 0 Å². The summed E-state index contributed by atoms with van der Waals surface area (Å²) in [6.45, 7) is 5.71. The Morgan fingerprint density at radius 3 is 2.88 bits per heavy atom. The lowest BCUT2D eigenvalue weighted by Crippen LogP contribution is -2.06. The minimum absolute atomic E-state index is 0.265. The van der Waals surface area contributed by atoms with Crippen LogP contribution in [0.1, 0.15) is 19.4 Å². The molecule has 1 unspecified atom stereocenters. The molecule has 0 amide bonds. The van der Waals surface area contributed by atoms with Crippen LogP contribution in [0.4, 0.5) is 0 Å². The molecule has 0 bridgehead atoms. The molecule has 1 aliphatic rings. The number of hydrogen-bond donors (Lipinski definition) is 1. The molecule has 16 heavy (non-hydrogen) atoms. The minimum atomic E-state index is 0.265. The van der Waals surface area contributed by atoms with Crippen molar-refractivity contribution in [3.8, 4) is 11.5 Å². The zero-order valence-electron chi connectivity index (χ0n) is 9.77. The second-order valence-electron chi connectivity index (χ2n) is 4.66. The highest BCUT2D eigenvalue weighted by Crippen LogP contribution is 2.26. The van der Waals surface area contributed by atoms with Crippen molar-refractivity contribution in [1.82, 2.24) is 0 Å². The van der Waals surface area contributed by atoms with Crippen LogP contribution in [0.5, 0.6) is 11.5 Å². The molecule has 1 aromatic carbocycles. The van der Waals surface area contributed by atoms with Crippen molar-refractivity contribution in [2.45, 2.75) is 26.4 Å². The van der Waals surface area contributed by atoms with Gasteiger partial charge in [-0.15, -0.1) is 0 Å². The van der Waals surface area contributed by atoms with Gasteiger partial charge in [-0.1, -0.05) is 13.8 Å². The molecule has 1 saturated heterocycles. The molecule has 1 aliphatic heterocycles. The molecular formula is C13H18O3. The molecule has 3 nitrogen and oxygen atoms in total. The summed E-state index contributed by atoms with van der Waals surface area (Å²) in [5.41, 5.74) is 1.07. The van der Waals surface area contributed by atoms with Gasteiger partial charge in [-0.05, 0) is 36.1 Å². The number of phenols is 1. The van der Waals surface area contributed by atoms with Gasteiger partial charge in [-0.2, -0.15) is 0 Å². The van der Waals surface area contributed by atoms with Crippen LogP contribution in [-0.2, 0) is 11.2 Å². The molecule has 1 N–H and O–H groups in total. The van der Waals surface area contributed by atoms with Crippen molar-refractivity contribution in [2.24, 2.45) is 5.92 Å². The first-order chi connectivity index (χ1) is 7.65. The number of hydrogen-bond acceptors (Lipinski definition) is 3. The number of phenolic OH excluding ortho intramolecular Hbond substituents is 1. The predicted octanol–water partition coefficient (Wildman–Crippen LogP) is 2.37. The van der Waals surface area contributed by atoms with Crippen LogP contribution in [0.15, 0.2) is 18.2 Å². The van der Waals surface area contributed by atoms with E-state index < -0.39 is 0 Å². The monoisotopic (exact) mass is 222 g/mol. The highest BCUT2D eigenvalue weighted by atomic mass is 16.6. The van der Waals surface area contributed by atoms with E-state index in [1.165, 1.54) is 0 Å². The number of epoxide rings is 1. The Morgan fingerprint density at radius 1 is 1.50 bits per heavy atom. The standard InChI is InChI=1S/C13H18O3/c1-9(2)5-10-6-11(14)3-4-13(10)16-8-12-7-15-12/h3-4,6,9,12,14H,5,7-8H2,1-2H3. The summed E-state index contributed by atoms with van der Waals surface area (Å²) >= 11 is 0. The van der Waals surface area contributed by atoms with Gasteiger partial charge in [0, 0.05) is 0 Å². The van der Waals surface area contributed by atoms with Crippen molar-refractivity contribution in [3.05, 3.63) is 23.8 Å². The third kappa shape index (κ3) is 3.14. The summed E-state index contributed by atoms with van der Waals surface area (Å²) in [4.78, 5) is 0. The van der Waals surface area contributed by atoms with Gasteiger partial charge in [-0.25, -0.2) is 0 Å². The Balaban J connectivity index is 2.06. The number of rotatable bonds is 5. The Kier molecular flexibility index (Phi) is 3.34. The van der Waals surface area contributed by atoms with Gasteiger partial charge in [0.15, 0.2) is 0 Å². The molecule has 2 rings (SSSR count). The largest absolute Gasteiger partial charge is 0.508 e. The molecule has 1 aromatic rings. The maximum atomic E-state index is 9.46. The molecular weight excluding hydrogens is 204 g/mol. The second-order valence-corrected chi connectivity index (χ2v) is 4.66. The molecule has 1 atom stereocenters. The van der Waals surface area contributed by atoms with Gasteiger partial charge in [0.1, 0.15) is 24.2 Å². The SMILES string of the molecule is CC(C)Cc1cc(O)ccc1OCC1CO1. The van der Waals surface area contributed by atoms with E-state index in [0.29, 0.717) is 18.3 Å². The predicted molar refractivity (Wildman–Crippen MR) is 61.9 cm³/mol. The van der Waals surface area contributed by atoms with Crippen molar-refractivity contribution in [2.75, 3.05) is 13.2 Å². The van der Waals surface area contributed by atoms with E-state index in [0.717, 1.165) is 24.3 Å². The number of aromatic hydroxyl groups is 1. The first-order valence-electron chi connectivity index (χ1n) is 5.71. The van der Waals surface area contributed by atoms with Gasteiger partial charge in [-0.3, -0.25) is 0 Å². The van der Waals surface area contributed by atoms with E-state index in [1.807, 2.05) is 6.07 Å². The van der Waals surface area contributed by atoms with Crippen LogP contribution in [-0.4, -0.2) is 24.4 Å². The topological polar surface area (TPSA) is 42.0 Å². The first-order valence-corrected chi connectivity index (χ1v) is 5.71. The number of ether oxygens (including phenoxy) is 2. The fourth-order valence-corrected chi connectivity index (χ4v) is 1.65. The summed E-state index contributed by atoms with van der Waals surface area (Å²) in [6.07, 6.45) is 1.18. The molecule has 0 aromatic heterocycles. The van der Waals surface area contributed by atoms with Crippen molar-refractivity contribution in [1.29, 1.82) is 0 Å². The molecule has 0 spiro atoms. The molecule has 1 fully saturated rings. The van der Waals surface area contributed by atoms with E-state index in [9.17, 15) is 5.11 Å². The molecule has 88 valence electrons. The lowest BCUT2D eigenvalue weighted by atomic mass is 10.0. The lowest BCUT2D eigenvalue weighted by Gasteiger charge is -2.12. The van der Waals surface area contributed by atoms with Crippen molar-refractivity contribution >= 4 is 0 Å². The third-order valence-corrected chi connectivity index (χ3v) is 2.50. The second kappa shape index (κ2) is 4.74. The van der Waals surface area contributed by atoms with Crippen LogP contribution in [0, 0.1) is 5.92 Å². The summed E-state index contributed by atoms with van der Waals surface area (Å²) in [5.74, 6) is 1.70. The molecule has 1 heterocycles. The third-order valence-electron chi connectivity index (χ3n) is 2.50. The zero-order valence-corrected chi connectivity index (χ0v) is 9.77. The van der Waals surface area contributed by atoms with Crippen LogP contribution in [0.3, 0.4) is 0 Å². The summed E-state index contributed by atoms with van der Waals surface area (Å²) in [7, 11) is 0. The Labute approximate surface area is 96.0 Å². The van der Waals surface area contributed by atoms with Gasteiger partial charge in [0.2, 0.25) is 0 Å². The fourth-order valence-electron chi connectivity index (χ4n) is 1.65. The van der Waals surface area contributed by atoms with Gasteiger partial charge >= 0.3 is 0 Å². The minimum Gasteiger partial charge on any atom is -0.508 e.